The monoisotopic (exact) mass is 435 g/mol. The minimum Gasteiger partial charge on any atom is -0.379 e. The Morgan fingerprint density at radius 1 is 1.00 bits per heavy atom. The van der Waals surface area contributed by atoms with Crippen LogP contribution in [0.3, 0.4) is 0 Å². The van der Waals surface area contributed by atoms with Crippen molar-refractivity contribution in [2.24, 2.45) is 0 Å². The summed E-state index contributed by atoms with van der Waals surface area (Å²) in [6.07, 6.45) is 0.851. The molecule has 1 saturated heterocycles. The number of hydrogen-bond acceptors (Lipinski definition) is 4. The number of hydrogen-bond donors (Lipinski definition) is 2. The van der Waals surface area contributed by atoms with E-state index < -0.39 is 0 Å². The summed E-state index contributed by atoms with van der Waals surface area (Å²) in [5.74, 6) is -0.590. The van der Waals surface area contributed by atoms with Gasteiger partial charge >= 0.3 is 0 Å². The van der Waals surface area contributed by atoms with E-state index in [1.54, 1.807) is 36.4 Å². The molecule has 0 bridgehead atoms. The third kappa shape index (κ3) is 6.18. The van der Waals surface area contributed by atoms with Crippen LogP contribution in [0.25, 0.3) is 0 Å². The molecule has 8 heteroatoms. The Balaban J connectivity index is 1.56. The normalized spacial score (nSPS) is 14.4. The molecule has 2 amide bonds. The number of benzene rings is 2. The predicted molar refractivity (Wildman–Crippen MR) is 115 cm³/mol. The molecule has 1 heterocycles. The van der Waals surface area contributed by atoms with Crippen molar-refractivity contribution in [3.05, 3.63) is 63.6 Å². The first kappa shape index (κ1) is 21.6. The molecule has 0 aliphatic carbocycles. The van der Waals surface area contributed by atoms with Crippen molar-refractivity contribution < 1.29 is 14.3 Å². The van der Waals surface area contributed by atoms with E-state index in [-0.39, 0.29) is 11.8 Å². The summed E-state index contributed by atoms with van der Waals surface area (Å²) in [6.45, 7) is 4.86. The first-order valence-corrected chi connectivity index (χ1v) is 10.2. The number of carbonyl (C=O) groups excluding carboxylic acids is 2. The van der Waals surface area contributed by atoms with Gasteiger partial charge in [0, 0.05) is 25.2 Å². The van der Waals surface area contributed by atoms with E-state index in [1.165, 1.54) is 6.07 Å². The van der Waals surface area contributed by atoms with Gasteiger partial charge in [0.25, 0.3) is 11.8 Å². The lowest BCUT2D eigenvalue weighted by Gasteiger charge is -2.26. The molecule has 1 aliphatic heterocycles. The Kier molecular flexibility index (Phi) is 7.89. The molecule has 2 N–H and O–H groups in total. The van der Waals surface area contributed by atoms with Crippen LogP contribution in [-0.2, 0) is 4.74 Å². The molecule has 0 radical (unpaired) electrons. The standard InChI is InChI=1S/C21H23Cl2N3O3/c22-17-7-6-15(14-18(17)23)20(27)25-19-5-2-1-4-16(19)21(28)24-8-3-9-26-10-12-29-13-11-26/h1-2,4-7,14H,3,8-13H2,(H,24,28)(H,25,27). The summed E-state index contributed by atoms with van der Waals surface area (Å²) in [7, 11) is 0. The van der Waals surface area contributed by atoms with E-state index in [1.807, 2.05) is 0 Å². The van der Waals surface area contributed by atoms with E-state index in [0.717, 1.165) is 39.3 Å². The summed E-state index contributed by atoms with van der Waals surface area (Å²) in [4.78, 5) is 27.4. The van der Waals surface area contributed by atoms with Crippen LogP contribution in [-0.4, -0.2) is 56.1 Å². The average Bonchev–Trinajstić information content (AvgIpc) is 2.74. The van der Waals surface area contributed by atoms with E-state index in [9.17, 15) is 9.59 Å². The molecule has 154 valence electrons. The molecule has 0 atom stereocenters. The largest absolute Gasteiger partial charge is 0.379 e. The Morgan fingerprint density at radius 3 is 2.52 bits per heavy atom. The zero-order valence-corrected chi connectivity index (χ0v) is 17.4. The lowest BCUT2D eigenvalue weighted by Crippen LogP contribution is -2.38. The van der Waals surface area contributed by atoms with Gasteiger partial charge in [0.2, 0.25) is 0 Å². The van der Waals surface area contributed by atoms with Gasteiger partial charge in [-0.25, -0.2) is 0 Å². The van der Waals surface area contributed by atoms with Gasteiger partial charge in [-0.2, -0.15) is 0 Å². The highest BCUT2D eigenvalue weighted by Crippen LogP contribution is 2.23. The fraction of sp³-hybridized carbons (Fsp3) is 0.333. The van der Waals surface area contributed by atoms with Crippen molar-refractivity contribution >= 4 is 40.7 Å². The lowest BCUT2D eigenvalue weighted by atomic mass is 10.1. The zero-order valence-electron chi connectivity index (χ0n) is 15.9. The van der Waals surface area contributed by atoms with Gasteiger partial charge in [-0.15, -0.1) is 0 Å². The van der Waals surface area contributed by atoms with Crippen LogP contribution >= 0.6 is 23.2 Å². The third-order valence-electron chi connectivity index (χ3n) is 4.64. The number of carbonyl (C=O) groups is 2. The molecular formula is C21H23Cl2N3O3. The van der Waals surface area contributed by atoms with Crippen LogP contribution in [0.4, 0.5) is 5.69 Å². The number of ether oxygens (including phenoxy) is 1. The van der Waals surface area contributed by atoms with Crippen molar-refractivity contribution in [1.82, 2.24) is 10.2 Å². The fourth-order valence-corrected chi connectivity index (χ4v) is 3.34. The van der Waals surface area contributed by atoms with E-state index in [2.05, 4.69) is 15.5 Å². The molecule has 0 aromatic heterocycles. The summed E-state index contributed by atoms with van der Waals surface area (Å²) >= 11 is 11.9. The zero-order chi connectivity index (χ0) is 20.6. The highest BCUT2D eigenvalue weighted by molar-refractivity contribution is 6.42. The maximum atomic E-state index is 12.6. The van der Waals surface area contributed by atoms with Crippen molar-refractivity contribution in [2.75, 3.05) is 44.7 Å². The second-order valence-corrected chi connectivity index (χ2v) is 7.51. The maximum Gasteiger partial charge on any atom is 0.255 e. The van der Waals surface area contributed by atoms with Crippen molar-refractivity contribution in [1.29, 1.82) is 0 Å². The number of nitrogens with one attached hydrogen (secondary N) is 2. The number of para-hydroxylation sites is 1. The molecule has 29 heavy (non-hydrogen) atoms. The smallest absolute Gasteiger partial charge is 0.255 e. The summed E-state index contributed by atoms with van der Waals surface area (Å²) in [5, 5.41) is 6.37. The van der Waals surface area contributed by atoms with E-state index in [4.69, 9.17) is 27.9 Å². The minimum atomic E-state index is -0.365. The molecule has 0 spiro atoms. The Hall–Kier alpha value is -2.12. The predicted octanol–water partition coefficient (Wildman–Crippen LogP) is 3.70. The van der Waals surface area contributed by atoms with Crippen LogP contribution < -0.4 is 10.6 Å². The van der Waals surface area contributed by atoms with Crippen LogP contribution in [0.5, 0.6) is 0 Å². The van der Waals surface area contributed by atoms with Crippen molar-refractivity contribution in [2.45, 2.75) is 6.42 Å². The average molecular weight is 436 g/mol. The second kappa shape index (κ2) is 10.6. The van der Waals surface area contributed by atoms with Crippen LogP contribution in [0, 0.1) is 0 Å². The Bertz CT molecular complexity index is 870. The molecule has 0 saturated carbocycles. The highest BCUT2D eigenvalue weighted by Gasteiger charge is 2.15. The van der Waals surface area contributed by atoms with E-state index in [0.29, 0.717) is 33.4 Å². The SMILES string of the molecule is O=C(Nc1ccccc1C(=O)NCCCN1CCOCC1)c1ccc(Cl)c(Cl)c1. The first-order valence-electron chi connectivity index (χ1n) is 9.48. The fourth-order valence-electron chi connectivity index (χ4n) is 3.05. The van der Waals surface area contributed by atoms with Crippen molar-refractivity contribution in [3.8, 4) is 0 Å². The molecule has 2 aromatic carbocycles. The molecule has 3 rings (SSSR count). The van der Waals surface area contributed by atoms with Crippen LogP contribution in [0.15, 0.2) is 42.5 Å². The van der Waals surface area contributed by atoms with Crippen molar-refractivity contribution in [3.63, 3.8) is 0 Å². The van der Waals surface area contributed by atoms with Gasteiger partial charge in [-0.1, -0.05) is 35.3 Å². The Labute approximate surface area is 180 Å². The van der Waals surface area contributed by atoms with Crippen LogP contribution in [0.1, 0.15) is 27.1 Å². The molecule has 1 aliphatic rings. The highest BCUT2D eigenvalue weighted by atomic mass is 35.5. The van der Waals surface area contributed by atoms with E-state index >= 15 is 0 Å². The number of nitrogens with zero attached hydrogens (tertiary/aromatic N) is 1. The third-order valence-corrected chi connectivity index (χ3v) is 5.38. The topological polar surface area (TPSA) is 70.7 Å². The molecule has 6 nitrogen and oxygen atoms in total. The van der Waals surface area contributed by atoms with Gasteiger partial charge < -0.3 is 15.4 Å². The van der Waals surface area contributed by atoms with Gasteiger partial charge in [0.05, 0.1) is 34.5 Å². The number of rotatable bonds is 7. The van der Waals surface area contributed by atoms with Gasteiger partial charge in [0.1, 0.15) is 0 Å². The summed E-state index contributed by atoms with van der Waals surface area (Å²) < 4.78 is 5.33. The number of anilines is 1. The van der Waals surface area contributed by atoms with Gasteiger partial charge in [-0.3, -0.25) is 14.5 Å². The number of amides is 2. The van der Waals surface area contributed by atoms with Gasteiger partial charge in [-0.05, 0) is 43.3 Å². The molecule has 1 fully saturated rings. The summed E-state index contributed by atoms with van der Waals surface area (Å²) in [6, 6.07) is 11.5. The number of halogens is 2. The molecular weight excluding hydrogens is 413 g/mol. The Morgan fingerprint density at radius 2 is 1.76 bits per heavy atom. The molecule has 2 aromatic rings. The second-order valence-electron chi connectivity index (χ2n) is 6.69. The minimum absolute atomic E-state index is 0.225. The lowest BCUT2D eigenvalue weighted by molar-refractivity contribution is 0.0374. The van der Waals surface area contributed by atoms with Crippen LogP contribution in [0.2, 0.25) is 10.0 Å². The maximum absolute atomic E-state index is 12.6. The molecule has 0 unspecified atom stereocenters. The first-order chi connectivity index (χ1) is 14.0. The summed E-state index contributed by atoms with van der Waals surface area (Å²) in [5.41, 5.74) is 1.21. The van der Waals surface area contributed by atoms with Gasteiger partial charge in [0.15, 0.2) is 0 Å². The number of morpholine rings is 1. The quantitative estimate of drug-likeness (QED) is 0.650.